The van der Waals surface area contributed by atoms with Gasteiger partial charge in [-0.05, 0) is 69.6 Å². The first-order valence-electron chi connectivity index (χ1n) is 9.19. The zero-order chi connectivity index (χ0) is 19.2. The molecule has 0 aliphatic heterocycles. The van der Waals surface area contributed by atoms with Crippen LogP contribution in [-0.2, 0) is 10.2 Å². The second-order valence-electron chi connectivity index (χ2n) is 7.84. The van der Waals surface area contributed by atoms with Crippen molar-refractivity contribution in [3.8, 4) is 11.1 Å². The van der Waals surface area contributed by atoms with Crippen LogP contribution < -0.4 is 0 Å². The number of carbonyl (C=O) groups is 2. The van der Waals surface area contributed by atoms with Gasteiger partial charge in [0.15, 0.2) is 5.78 Å². The van der Waals surface area contributed by atoms with Gasteiger partial charge >= 0.3 is 5.97 Å². The lowest BCUT2D eigenvalue weighted by molar-refractivity contribution is 0.0600. The van der Waals surface area contributed by atoms with Crippen LogP contribution in [0.5, 0.6) is 0 Å². The van der Waals surface area contributed by atoms with Gasteiger partial charge < -0.3 is 4.74 Å². The molecular formula is C24H22O3. The lowest BCUT2D eigenvalue weighted by atomic mass is 9.71. The predicted octanol–water partition coefficient (Wildman–Crippen LogP) is 5.55. The summed E-state index contributed by atoms with van der Waals surface area (Å²) in [5, 5.41) is 2.21. The van der Waals surface area contributed by atoms with Crippen LogP contribution in [0.1, 0.15) is 53.0 Å². The molecule has 27 heavy (non-hydrogen) atoms. The third-order valence-electron chi connectivity index (χ3n) is 5.62. The number of ether oxygens (including phenoxy) is 1. The Morgan fingerprint density at radius 2 is 1.63 bits per heavy atom. The molecule has 1 aliphatic rings. The van der Waals surface area contributed by atoms with E-state index in [4.69, 9.17) is 4.74 Å². The summed E-state index contributed by atoms with van der Waals surface area (Å²) in [6.07, 6.45) is 1.51. The summed E-state index contributed by atoms with van der Waals surface area (Å²) in [5.41, 5.74) is 4.65. The van der Waals surface area contributed by atoms with E-state index in [2.05, 4.69) is 38.1 Å². The molecule has 136 valence electrons. The maximum absolute atomic E-state index is 12.5. The Labute approximate surface area is 159 Å². The number of ketones is 1. The van der Waals surface area contributed by atoms with Gasteiger partial charge in [0.05, 0.1) is 12.7 Å². The van der Waals surface area contributed by atoms with Crippen LogP contribution in [0.15, 0.2) is 54.6 Å². The molecule has 0 aromatic heterocycles. The Kier molecular flexibility index (Phi) is 4.11. The maximum atomic E-state index is 12.5. The highest BCUT2D eigenvalue weighted by Gasteiger charge is 2.31. The average molecular weight is 358 g/mol. The van der Waals surface area contributed by atoms with E-state index in [9.17, 15) is 9.59 Å². The van der Waals surface area contributed by atoms with Crippen molar-refractivity contribution in [3.63, 3.8) is 0 Å². The molecule has 0 amide bonds. The number of esters is 1. The highest BCUT2D eigenvalue weighted by atomic mass is 16.5. The van der Waals surface area contributed by atoms with E-state index < -0.39 is 0 Å². The molecule has 3 aromatic rings. The van der Waals surface area contributed by atoms with Crippen LogP contribution in [0.2, 0.25) is 0 Å². The van der Waals surface area contributed by atoms with Crippen molar-refractivity contribution in [1.29, 1.82) is 0 Å². The van der Waals surface area contributed by atoms with Crippen LogP contribution in [0, 0.1) is 0 Å². The lowest BCUT2D eigenvalue weighted by Crippen LogP contribution is -2.27. The fraction of sp³-hybridized carbons (Fsp3) is 0.250. The summed E-state index contributed by atoms with van der Waals surface area (Å²) in [6, 6.07) is 17.9. The van der Waals surface area contributed by atoms with E-state index in [-0.39, 0.29) is 17.2 Å². The third-order valence-corrected chi connectivity index (χ3v) is 5.62. The zero-order valence-electron chi connectivity index (χ0n) is 15.8. The number of methoxy groups -OCH3 is 1. The standard InChI is InChI=1S/C24H22O3/c1-24(2)11-10-22(25)20-13-19-12-17(8-9-18(19)14-21(20)24)15-4-6-16(7-5-15)23(26)27-3/h4-9,12-14H,10-11H2,1-3H3. The normalized spacial score (nSPS) is 15.4. The first kappa shape index (κ1) is 17.5. The SMILES string of the molecule is COC(=O)c1ccc(-c2ccc3cc4c(cc3c2)C(=O)CCC4(C)C)cc1. The molecule has 3 heteroatoms. The Morgan fingerprint density at radius 1 is 0.926 bits per heavy atom. The topological polar surface area (TPSA) is 43.4 Å². The van der Waals surface area contributed by atoms with Crippen molar-refractivity contribution >= 4 is 22.5 Å². The van der Waals surface area contributed by atoms with E-state index >= 15 is 0 Å². The van der Waals surface area contributed by atoms with Gasteiger partial charge in [0.1, 0.15) is 0 Å². The third kappa shape index (κ3) is 3.03. The molecule has 0 N–H and O–H groups in total. The van der Waals surface area contributed by atoms with E-state index in [0.717, 1.165) is 39.4 Å². The molecular weight excluding hydrogens is 336 g/mol. The minimum absolute atomic E-state index is 0.0276. The average Bonchev–Trinajstić information content (AvgIpc) is 2.69. The van der Waals surface area contributed by atoms with Crippen molar-refractivity contribution in [2.45, 2.75) is 32.1 Å². The lowest BCUT2D eigenvalue weighted by Gasteiger charge is -2.32. The first-order valence-corrected chi connectivity index (χ1v) is 9.19. The molecule has 0 unspecified atom stereocenters. The van der Waals surface area contributed by atoms with E-state index in [0.29, 0.717) is 12.0 Å². The van der Waals surface area contributed by atoms with Gasteiger partial charge in [0.25, 0.3) is 0 Å². The van der Waals surface area contributed by atoms with Crippen molar-refractivity contribution in [3.05, 3.63) is 71.3 Å². The molecule has 3 nitrogen and oxygen atoms in total. The molecule has 0 radical (unpaired) electrons. The minimum Gasteiger partial charge on any atom is -0.465 e. The van der Waals surface area contributed by atoms with Gasteiger partial charge in [-0.15, -0.1) is 0 Å². The maximum Gasteiger partial charge on any atom is 0.337 e. The van der Waals surface area contributed by atoms with Crippen LogP contribution in [0.3, 0.4) is 0 Å². The van der Waals surface area contributed by atoms with Crippen LogP contribution in [-0.4, -0.2) is 18.9 Å². The fourth-order valence-electron chi connectivity index (χ4n) is 3.88. The Morgan fingerprint density at radius 3 is 2.33 bits per heavy atom. The number of hydrogen-bond donors (Lipinski definition) is 0. The van der Waals surface area contributed by atoms with Gasteiger partial charge in [0, 0.05) is 12.0 Å². The van der Waals surface area contributed by atoms with Gasteiger partial charge in [-0.2, -0.15) is 0 Å². The van der Waals surface area contributed by atoms with E-state index in [1.54, 1.807) is 12.1 Å². The van der Waals surface area contributed by atoms with Gasteiger partial charge in [-0.3, -0.25) is 4.79 Å². The smallest absolute Gasteiger partial charge is 0.337 e. The van der Waals surface area contributed by atoms with Crippen molar-refractivity contribution in [2.24, 2.45) is 0 Å². The van der Waals surface area contributed by atoms with Gasteiger partial charge in [-0.25, -0.2) is 4.79 Å². The molecule has 0 spiro atoms. The van der Waals surface area contributed by atoms with Crippen molar-refractivity contribution in [2.75, 3.05) is 7.11 Å². The van der Waals surface area contributed by atoms with Crippen LogP contribution >= 0.6 is 0 Å². The molecule has 4 rings (SSSR count). The number of Topliss-reactive ketones (excluding diaryl/α,β-unsaturated/α-hetero) is 1. The number of benzene rings is 3. The summed E-state index contributed by atoms with van der Waals surface area (Å²) in [7, 11) is 1.38. The molecule has 0 bridgehead atoms. The summed E-state index contributed by atoms with van der Waals surface area (Å²) in [5.74, 6) is -0.105. The van der Waals surface area contributed by atoms with E-state index in [1.165, 1.54) is 7.11 Å². The second-order valence-corrected chi connectivity index (χ2v) is 7.84. The van der Waals surface area contributed by atoms with Crippen LogP contribution in [0.25, 0.3) is 21.9 Å². The Bertz CT molecular complexity index is 1060. The summed E-state index contributed by atoms with van der Waals surface area (Å²) in [4.78, 5) is 24.1. The fourth-order valence-corrected chi connectivity index (χ4v) is 3.88. The Hall–Kier alpha value is -2.94. The molecule has 0 atom stereocenters. The quantitative estimate of drug-likeness (QED) is 0.564. The second kappa shape index (κ2) is 6.34. The first-order chi connectivity index (χ1) is 12.9. The number of hydrogen-bond acceptors (Lipinski definition) is 3. The molecule has 0 saturated carbocycles. The van der Waals surface area contributed by atoms with Crippen molar-refractivity contribution in [1.82, 2.24) is 0 Å². The van der Waals surface area contributed by atoms with Gasteiger partial charge in [0.2, 0.25) is 0 Å². The number of fused-ring (bicyclic) bond motifs is 2. The molecule has 0 saturated heterocycles. The monoisotopic (exact) mass is 358 g/mol. The van der Waals surface area contributed by atoms with E-state index in [1.807, 2.05) is 18.2 Å². The number of carbonyl (C=O) groups excluding carboxylic acids is 2. The molecule has 0 heterocycles. The predicted molar refractivity (Wildman–Crippen MR) is 107 cm³/mol. The van der Waals surface area contributed by atoms with Crippen molar-refractivity contribution < 1.29 is 14.3 Å². The zero-order valence-corrected chi connectivity index (χ0v) is 15.8. The largest absolute Gasteiger partial charge is 0.465 e. The summed E-state index contributed by atoms with van der Waals surface area (Å²) >= 11 is 0. The summed E-state index contributed by atoms with van der Waals surface area (Å²) in [6.45, 7) is 4.42. The molecule has 0 fully saturated rings. The number of rotatable bonds is 2. The molecule has 1 aliphatic carbocycles. The molecule has 3 aromatic carbocycles. The summed E-state index contributed by atoms with van der Waals surface area (Å²) < 4.78 is 4.75. The van der Waals surface area contributed by atoms with Crippen LogP contribution in [0.4, 0.5) is 0 Å². The highest BCUT2D eigenvalue weighted by molar-refractivity contribution is 6.03. The van der Waals surface area contributed by atoms with Gasteiger partial charge in [-0.1, -0.05) is 38.1 Å². The Balaban J connectivity index is 1.79. The highest BCUT2D eigenvalue weighted by Crippen LogP contribution is 2.39. The minimum atomic E-state index is -0.340.